The van der Waals surface area contributed by atoms with Crippen molar-refractivity contribution in [2.24, 2.45) is 17.8 Å². The minimum absolute atomic E-state index is 0.134. The van der Waals surface area contributed by atoms with Crippen LogP contribution in [0, 0.1) is 17.8 Å². The van der Waals surface area contributed by atoms with Gasteiger partial charge < -0.3 is 14.2 Å². The molecular weight excluding hydrogens is 426 g/mol. The largest absolute Gasteiger partial charge is 0.465 e. The number of alkyl halides is 2. The zero-order chi connectivity index (χ0) is 23.5. The van der Waals surface area contributed by atoms with E-state index in [0.29, 0.717) is 19.5 Å². The first-order valence-corrected chi connectivity index (χ1v) is 11.5. The van der Waals surface area contributed by atoms with Crippen LogP contribution in [0.25, 0.3) is 0 Å². The second kappa shape index (κ2) is 10.3. The molecule has 5 atom stereocenters. The zero-order valence-electron chi connectivity index (χ0n) is 19.1. The van der Waals surface area contributed by atoms with Crippen molar-refractivity contribution in [1.29, 1.82) is 0 Å². The van der Waals surface area contributed by atoms with Gasteiger partial charge in [-0.05, 0) is 57.3 Å². The molecule has 0 bridgehead atoms. The standard InChI is InChI=1S/C22H34F2N2O6/c1-4-31-19(27)17-9-16-8-14(6-7-15(16)12-26(17)21(29)30-3)11-25-13-22(23,24)10-18(25)20(28)32-5-2/h14-18H,4-13H2,1-3H3/t14-,15-,16?,17?,18-/m0/s1. The predicted octanol–water partition coefficient (Wildman–Crippen LogP) is 2.70. The molecule has 0 spiro atoms. The van der Waals surface area contributed by atoms with E-state index in [0.717, 1.165) is 19.3 Å². The molecule has 0 radical (unpaired) electrons. The molecule has 8 nitrogen and oxygen atoms in total. The Balaban J connectivity index is 1.66. The van der Waals surface area contributed by atoms with Crippen molar-refractivity contribution >= 4 is 18.0 Å². The number of rotatable bonds is 6. The number of carbonyl (C=O) groups excluding carboxylic acids is 3. The maximum atomic E-state index is 14.1. The summed E-state index contributed by atoms with van der Waals surface area (Å²) in [7, 11) is 1.29. The lowest BCUT2D eigenvalue weighted by molar-refractivity contribution is -0.153. The SMILES string of the molecule is CCOC(=O)C1CC2C[C@@H](CN3CC(F)(F)C[C@H]3C(=O)OCC)CC[C@H]2CN1C(=O)OC. The summed E-state index contributed by atoms with van der Waals surface area (Å²) in [6.07, 6.45) is 1.81. The van der Waals surface area contributed by atoms with Gasteiger partial charge in [0.05, 0.1) is 26.9 Å². The van der Waals surface area contributed by atoms with Crippen molar-refractivity contribution in [3.05, 3.63) is 0 Å². The molecule has 0 N–H and O–H groups in total. The average Bonchev–Trinajstić information content (AvgIpc) is 3.06. The first-order chi connectivity index (χ1) is 15.2. The third-order valence-corrected chi connectivity index (χ3v) is 6.97. The molecule has 2 saturated heterocycles. The number of ether oxygens (including phenoxy) is 3. The molecular formula is C22H34F2N2O6. The van der Waals surface area contributed by atoms with Crippen molar-refractivity contribution in [3.63, 3.8) is 0 Å². The van der Waals surface area contributed by atoms with E-state index in [9.17, 15) is 23.2 Å². The van der Waals surface area contributed by atoms with Crippen molar-refractivity contribution in [1.82, 2.24) is 9.80 Å². The Morgan fingerprint density at radius 3 is 2.25 bits per heavy atom. The number of hydrogen-bond donors (Lipinski definition) is 0. The number of likely N-dealkylation sites (tertiary alicyclic amines) is 2. The summed E-state index contributed by atoms with van der Waals surface area (Å²) in [5.41, 5.74) is 0. The van der Waals surface area contributed by atoms with Gasteiger partial charge in [0.2, 0.25) is 0 Å². The van der Waals surface area contributed by atoms with Crippen LogP contribution in [-0.4, -0.2) is 85.8 Å². The van der Waals surface area contributed by atoms with E-state index < -0.39 is 49.0 Å². The number of fused-ring (bicyclic) bond motifs is 1. The second-order valence-electron chi connectivity index (χ2n) is 9.08. The number of esters is 2. The van der Waals surface area contributed by atoms with Gasteiger partial charge in [0, 0.05) is 19.5 Å². The Labute approximate surface area is 187 Å². The Bertz CT molecular complexity index is 706. The monoisotopic (exact) mass is 460 g/mol. The zero-order valence-corrected chi connectivity index (χ0v) is 19.1. The summed E-state index contributed by atoms with van der Waals surface area (Å²) in [6.45, 7) is 4.13. The van der Waals surface area contributed by atoms with Crippen LogP contribution >= 0.6 is 0 Å². The average molecular weight is 461 g/mol. The lowest BCUT2D eigenvalue weighted by Crippen LogP contribution is -2.55. The molecule has 1 amide bonds. The number of piperidine rings is 1. The minimum Gasteiger partial charge on any atom is -0.465 e. The predicted molar refractivity (Wildman–Crippen MR) is 110 cm³/mol. The highest BCUT2D eigenvalue weighted by Crippen LogP contribution is 2.43. The van der Waals surface area contributed by atoms with Crippen LogP contribution < -0.4 is 0 Å². The van der Waals surface area contributed by atoms with E-state index in [-0.39, 0.29) is 31.0 Å². The van der Waals surface area contributed by atoms with Crippen molar-refractivity contribution in [2.45, 2.75) is 64.0 Å². The molecule has 2 heterocycles. The van der Waals surface area contributed by atoms with Gasteiger partial charge in [-0.3, -0.25) is 14.6 Å². The van der Waals surface area contributed by atoms with E-state index in [1.54, 1.807) is 18.7 Å². The van der Waals surface area contributed by atoms with Gasteiger partial charge in [0.25, 0.3) is 5.92 Å². The summed E-state index contributed by atoms with van der Waals surface area (Å²) in [4.78, 5) is 40.0. The Kier molecular flexibility index (Phi) is 7.95. The topological polar surface area (TPSA) is 85.4 Å². The molecule has 3 fully saturated rings. The van der Waals surface area contributed by atoms with Crippen LogP contribution in [0.4, 0.5) is 13.6 Å². The molecule has 10 heteroatoms. The lowest BCUT2D eigenvalue weighted by Gasteiger charge is -2.46. The van der Waals surface area contributed by atoms with Crippen LogP contribution in [0.5, 0.6) is 0 Å². The molecule has 3 rings (SSSR count). The third-order valence-electron chi connectivity index (χ3n) is 6.97. The van der Waals surface area contributed by atoms with Crippen molar-refractivity contribution < 1.29 is 37.4 Å². The summed E-state index contributed by atoms with van der Waals surface area (Å²) >= 11 is 0. The fourth-order valence-electron chi connectivity index (χ4n) is 5.57. The second-order valence-corrected chi connectivity index (χ2v) is 9.08. The quantitative estimate of drug-likeness (QED) is 0.445. The molecule has 0 aromatic heterocycles. The lowest BCUT2D eigenvalue weighted by atomic mass is 9.69. The van der Waals surface area contributed by atoms with E-state index in [1.807, 2.05) is 0 Å². The number of halogens is 2. The van der Waals surface area contributed by atoms with Crippen LogP contribution in [-0.2, 0) is 23.8 Å². The smallest absolute Gasteiger partial charge is 0.410 e. The molecule has 1 saturated carbocycles. The molecule has 0 aromatic carbocycles. The van der Waals surface area contributed by atoms with Crippen LogP contribution in [0.15, 0.2) is 0 Å². The maximum absolute atomic E-state index is 14.1. The van der Waals surface area contributed by atoms with E-state index in [4.69, 9.17) is 14.2 Å². The van der Waals surface area contributed by atoms with Gasteiger partial charge in [-0.1, -0.05) is 0 Å². The van der Waals surface area contributed by atoms with Crippen LogP contribution in [0.3, 0.4) is 0 Å². The highest BCUT2D eigenvalue weighted by atomic mass is 19.3. The fraction of sp³-hybridized carbons (Fsp3) is 0.864. The van der Waals surface area contributed by atoms with Gasteiger partial charge in [0.15, 0.2) is 0 Å². The number of carbonyl (C=O) groups is 3. The van der Waals surface area contributed by atoms with Gasteiger partial charge in [-0.25, -0.2) is 18.4 Å². The molecule has 32 heavy (non-hydrogen) atoms. The first kappa shape index (κ1) is 24.7. The normalized spacial score (nSPS) is 32.2. The van der Waals surface area contributed by atoms with E-state index >= 15 is 0 Å². The van der Waals surface area contributed by atoms with Gasteiger partial charge in [-0.2, -0.15) is 0 Å². The summed E-state index contributed by atoms with van der Waals surface area (Å²) in [5, 5.41) is 0. The maximum Gasteiger partial charge on any atom is 0.410 e. The number of methoxy groups -OCH3 is 1. The summed E-state index contributed by atoms with van der Waals surface area (Å²) in [6, 6.07) is -1.62. The molecule has 2 aliphatic heterocycles. The number of nitrogens with zero attached hydrogens (tertiary/aromatic N) is 2. The molecule has 3 aliphatic rings. The number of amides is 1. The van der Waals surface area contributed by atoms with Crippen LogP contribution in [0.1, 0.15) is 46.0 Å². The van der Waals surface area contributed by atoms with Crippen LogP contribution in [0.2, 0.25) is 0 Å². The molecule has 182 valence electrons. The van der Waals surface area contributed by atoms with Crippen molar-refractivity contribution in [3.8, 4) is 0 Å². The summed E-state index contributed by atoms with van der Waals surface area (Å²) < 4.78 is 43.2. The summed E-state index contributed by atoms with van der Waals surface area (Å²) in [5.74, 6) is -3.41. The third kappa shape index (κ3) is 5.50. The van der Waals surface area contributed by atoms with Crippen molar-refractivity contribution in [2.75, 3.05) is 40.0 Å². The highest BCUT2D eigenvalue weighted by Gasteiger charge is 2.50. The molecule has 1 aliphatic carbocycles. The first-order valence-electron chi connectivity index (χ1n) is 11.5. The van der Waals surface area contributed by atoms with Gasteiger partial charge >= 0.3 is 18.0 Å². The fourth-order valence-corrected chi connectivity index (χ4v) is 5.57. The minimum atomic E-state index is -2.91. The van der Waals surface area contributed by atoms with Gasteiger partial charge in [0.1, 0.15) is 12.1 Å². The molecule has 0 aromatic rings. The Morgan fingerprint density at radius 1 is 0.969 bits per heavy atom. The number of hydrogen-bond acceptors (Lipinski definition) is 7. The molecule has 2 unspecified atom stereocenters. The highest BCUT2D eigenvalue weighted by molar-refractivity contribution is 5.81. The van der Waals surface area contributed by atoms with Gasteiger partial charge in [-0.15, -0.1) is 0 Å². The Hall–Kier alpha value is -1.97. The Morgan fingerprint density at radius 2 is 1.62 bits per heavy atom. The van der Waals surface area contributed by atoms with E-state index in [2.05, 4.69) is 0 Å². The van der Waals surface area contributed by atoms with E-state index in [1.165, 1.54) is 12.0 Å².